The minimum atomic E-state index is -1.53. The molecular weight excluding hydrogens is 401 g/mol. The van der Waals surface area contributed by atoms with Gasteiger partial charge in [0.05, 0.1) is 19.1 Å². The van der Waals surface area contributed by atoms with Crippen LogP contribution in [-0.4, -0.2) is 55.2 Å². The summed E-state index contributed by atoms with van der Waals surface area (Å²) >= 11 is 0. The average molecular weight is 432 g/mol. The van der Waals surface area contributed by atoms with E-state index in [2.05, 4.69) is 5.32 Å². The average Bonchev–Trinajstić information content (AvgIpc) is 2.65. The first-order chi connectivity index (χ1) is 14.2. The number of carboxylic acid groups (broad SMARTS) is 1. The number of nitrogens with one attached hydrogen (secondary N) is 1. The van der Waals surface area contributed by atoms with Crippen LogP contribution in [0.4, 0.5) is 13.2 Å². The molecule has 0 bridgehead atoms. The number of nitrogens with zero attached hydrogens (tertiary/aromatic N) is 1. The van der Waals surface area contributed by atoms with Crippen molar-refractivity contribution in [2.45, 2.75) is 57.4 Å². The van der Waals surface area contributed by atoms with Crippen molar-refractivity contribution in [2.24, 2.45) is 0 Å². The fraction of sp³-hybridized carbons (Fsp3) is 0.619. The van der Waals surface area contributed by atoms with Crippen LogP contribution in [0.5, 0.6) is 5.75 Å². The van der Waals surface area contributed by atoms with E-state index < -0.39 is 29.5 Å². The molecule has 0 saturated carbocycles. The van der Waals surface area contributed by atoms with Crippen LogP contribution in [0.1, 0.15) is 51.4 Å². The number of aliphatic carboxylic acids is 1. The molecule has 1 aromatic rings. The maximum atomic E-state index is 13.4. The standard InChI is InChI=1S/C21H31F3N2O4/c1-26(2)14-15(13-19(28)29)25-18(27)9-7-5-3-4-6-8-12-30-17-11-10-16(22)20(23)21(17)24/h10-11,15H,3-9,12-14H2,1-2H3,(H,25,27)(H,28,29)/t15-/m1/s1. The van der Waals surface area contributed by atoms with Crippen LogP contribution in [0.2, 0.25) is 0 Å². The number of rotatable bonds is 15. The molecule has 0 heterocycles. The lowest BCUT2D eigenvalue weighted by Gasteiger charge is -2.20. The maximum Gasteiger partial charge on any atom is 0.305 e. The third kappa shape index (κ3) is 10.5. The highest BCUT2D eigenvalue weighted by molar-refractivity contribution is 5.77. The fourth-order valence-electron chi connectivity index (χ4n) is 3.01. The van der Waals surface area contributed by atoms with E-state index in [1.807, 2.05) is 19.0 Å². The zero-order valence-corrected chi connectivity index (χ0v) is 17.6. The predicted octanol–water partition coefficient (Wildman–Crippen LogP) is 3.73. The maximum absolute atomic E-state index is 13.4. The normalized spacial score (nSPS) is 12.1. The molecule has 0 aliphatic heterocycles. The SMILES string of the molecule is CN(C)C[C@@H](CC(=O)O)NC(=O)CCCCCCCCOc1ccc(F)c(F)c1F. The molecule has 1 aromatic carbocycles. The number of hydrogen-bond donors (Lipinski definition) is 2. The number of hydrogen-bond acceptors (Lipinski definition) is 4. The van der Waals surface area contributed by atoms with Crippen molar-refractivity contribution >= 4 is 11.9 Å². The second-order valence-corrected chi connectivity index (χ2v) is 7.52. The predicted molar refractivity (Wildman–Crippen MR) is 107 cm³/mol. The molecule has 30 heavy (non-hydrogen) atoms. The van der Waals surface area contributed by atoms with E-state index in [1.165, 1.54) is 0 Å². The van der Waals surface area contributed by atoms with E-state index >= 15 is 0 Å². The van der Waals surface area contributed by atoms with Gasteiger partial charge in [-0.15, -0.1) is 0 Å². The minimum Gasteiger partial charge on any atom is -0.490 e. The molecule has 0 saturated heterocycles. The van der Waals surface area contributed by atoms with E-state index in [9.17, 15) is 22.8 Å². The zero-order chi connectivity index (χ0) is 22.5. The van der Waals surface area contributed by atoms with Gasteiger partial charge in [0.15, 0.2) is 17.4 Å². The Morgan fingerprint density at radius 3 is 2.30 bits per heavy atom. The fourth-order valence-corrected chi connectivity index (χ4v) is 3.01. The monoisotopic (exact) mass is 432 g/mol. The van der Waals surface area contributed by atoms with Crippen molar-refractivity contribution in [1.29, 1.82) is 0 Å². The van der Waals surface area contributed by atoms with Crippen LogP contribution >= 0.6 is 0 Å². The van der Waals surface area contributed by atoms with Crippen molar-refractivity contribution < 1.29 is 32.6 Å². The summed E-state index contributed by atoms with van der Waals surface area (Å²) in [4.78, 5) is 24.7. The molecule has 1 rings (SSSR count). The highest BCUT2D eigenvalue weighted by atomic mass is 19.2. The molecule has 0 fully saturated rings. The summed E-state index contributed by atoms with van der Waals surface area (Å²) in [6.07, 6.45) is 5.13. The Bertz CT molecular complexity index is 686. The summed E-state index contributed by atoms with van der Waals surface area (Å²) in [5.41, 5.74) is 0. The molecule has 6 nitrogen and oxygen atoms in total. The number of amides is 1. The molecule has 0 aliphatic carbocycles. The van der Waals surface area contributed by atoms with Gasteiger partial charge in [-0.2, -0.15) is 4.39 Å². The Labute approximate surface area is 175 Å². The number of benzene rings is 1. The molecule has 0 aliphatic rings. The molecule has 170 valence electrons. The van der Waals surface area contributed by atoms with Gasteiger partial charge in [0.2, 0.25) is 11.7 Å². The Morgan fingerprint density at radius 1 is 1.03 bits per heavy atom. The lowest BCUT2D eigenvalue weighted by atomic mass is 10.1. The van der Waals surface area contributed by atoms with Gasteiger partial charge in [0, 0.05) is 13.0 Å². The first-order valence-electron chi connectivity index (χ1n) is 10.1. The molecule has 1 amide bonds. The summed E-state index contributed by atoms with van der Waals surface area (Å²) in [6, 6.07) is 1.48. The first kappa shape index (κ1) is 25.7. The number of carbonyl (C=O) groups is 2. The van der Waals surface area contributed by atoms with Crippen LogP contribution < -0.4 is 10.1 Å². The molecule has 0 spiro atoms. The van der Waals surface area contributed by atoms with E-state index in [0.717, 1.165) is 37.8 Å². The van der Waals surface area contributed by atoms with E-state index in [1.54, 1.807) is 0 Å². The largest absolute Gasteiger partial charge is 0.490 e. The molecule has 0 aromatic heterocycles. The molecular formula is C21H31F3N2O4. The van der Waals surface area contributed by atoms with E-state index in [4.69, 9.17) is 9.84 Å². The van der Waals surface area contributed by atoms with Gasteiger partial charge in [-0.25, -0.2) is 8.78 Å². The first-order valence-corrected chi connectivity index (χ1v) is 10.1. The van der Waals surface area contributed by atoms with Gasteiger partial charge in [-0.1, -0.05) is 25.7 Å². The van der Waals surface area contributed by atoms with Crippen molar-refractivity contribution in [3.05, 3.63) is 29.6 Å². The number of halogens is 3. The van der Waals surface area contributed by atoms with Gasteiger partial charge in [0.1, 0.15) is 0 Å². The third-order valence-electron chi connectivity index (χ3n) is 4.43. The van der Waals surface area contributed by atoms with Crippen LogP contribution in [0.3, 0.4) is 0 Å². The van der Waals surface area contributed by atoms with Gasteiger partial charge in [-0.3, -0.25) is 9.59 Å². The summed E-state index contributed by atoms with van der Waals surface area (Å²) < 4.78 is 44.5. The molecule has 2 N–H and O–H groups in total. The van der Waals surface area contributed by atoms with Crippen molar-refractivity contribution in [2.75, 3.05) is 27.2 Å². The Hall–Kier alpha value is -2.29. The third-order valence-corrected chi connectivity index (χ3v) is 4.43. The molecule has 0 radical (unpaired) electrons. The highest BCUT2D eigenvalue weighted by Crippen LogP contribution is 2.22. The van der Waals surface area contributed by atoms with Gasteiger partial charge in [0.25, 0.3) is 0 Å². The summed E-state index contributed by atoms with van der Waals surface area (Å²) in [7, 11) is 3.64. The van der Waals surface area contributed by atoms with Gasteiger partial charge in [-0.05, 0) is 39.1 Å². The Morgan fingerprint density at radius 2 is 1.67 bits per heavy atom. The second-order valence-electron chi connectivity index (χ2n) is 7.52. The van der Waals surface area contributed by atoms with Crippen molar-refractivity contribution in [3.8, 4) is 5.75 Å². The number of unbranched alkanes of at least 4 members (excludes halogenated alkanes) is 5. The van der Waals surface area contributed by atoms with Gasteiger partial charge >= 0.3 is 5.97 Å². The summed E-state index contributed by atoms with van der Waals surface area (Å²) in [6.45, 7) is 0.676. The number of ether oxygens (including phenoxy) is 1. The lowest BCUT2D eigenvalue weighted by Crippen LogP contribution is -2.42. The molecule has 0 unspecified atom stereocenters. The number of carboxylic acids is 1. The summed E-state index contributed by atoms with van der Waals surface area (Å²) in [5, 5.41) is 11.7. The van der Waals surface area contributed by atoms with Crippen LogP contribution in [0.15, 0.2) is 12.1 Å². The van der Waals surface area contributed by atoms with E-state index in [-0.39, 0.29) is 24.7 Å². The lowest BCUT2D eigenvalue weighted by molar-refractivity contribution is -0.137. The van der Waals surface area contributed by atoms with Crippen LogP contribution in [0.25, 0.3) is 0 Å². The quantitative estimate of drug-likeness (QED) is 0.326. The smallest absolute Gasteiger partial charge is 0.305 e. The highest BCUT2D eigenvalue weighted by Gasteiger charge is 2.16. The van der Waals surface area contributed by atoms with Crippen molar-refractivity contribution in [1.82, 2.24) is 10.2 Å². The zero-order valence-electron chi connectivity index (χ0n) is 17.6. The van der Waals surface area contributed by atoms with Gasteiger partial charge < -0.3 is 20.1 Å². The Balaban J connectivity index is 2.10. The van der Waals surface area contributed by atoms with Crippen molar-refractivity contribution in [3.63, 3.8) is 0 Å². The summed E-state index contributed by atoms with van der Waals surface area (Å²) in [5.74, 6) is -5.49. The Kier molecular flexibility index (Phi) is 11.9. The number of carbonyl (C=O) groups excluding carboxylic acids is 1. The number of likely N-dealkylation sites (N-methyl/N-ethyl adjacent to an activating group) is 1. The van der Waals surface area contributed by atoms with E-state index in [0.29, 0.717) is 25.8 Å². The topological polar surface area (TPSA) is 78.9 Å². The van der Waals surface area contributed by atoms with Crippen LogP contribution in [0, 0.1) is 17.5 Å². The second kappa shape index (κ2) is 13.8. The van der Waals surface area contributed by atoms with Crippen LogP contribution in [-0.2, 0) is 9.59 Å². The molecule has 9 heteroatoms. The minimum absolute atomic E-state index is 0.111. The molecule has 1 atom stereocenters.